The number of methoxy groups -OCH3 is 3. The number of anilines is 1. The summed E-state index contributed by atoms with van der Waals surface area (Å²) in [7, 11) is 4.31. The molecular weight excluding hydrogens is 491 g/mol. The molecule has 36 heavy (non-hydrogen) atoms. The number of carbonyl (C=O) groups excluding carboxylic acids is 2. The van der Waals surface area contributed by atoms with Crippen LogP contribution >= 0.6 is 11.3 Å². The maximum atomic E-state index is 13.8. The number of fused-ring (bicyclic) bond motifs is 1. The van der Waals surface area contributed by atoms with E-state index in [1.165, 1.54) is 62.8 Å². The van der Waals surface area contributed by atoms with E-state index in [2.05, 4.69) is 4.98 Å². The van der Waals surface area contributed by atoms with Crippen molar-refractivity contribution in [3.8, 4) is 17.2 Å². The summed E-state index contributed by atoms with van der Waals surface area (Å²) in [6.45, 7) is 0. The van der Waals surface area contributed by atoms with E-state index in [9.17, 15) is 19.1 Å². The first-order chi connectivity index (χ1) is 17.4. The molecule has 11 heteroatoms. The van der Waals surface area contributed by atoms with Crippen LogP contribution in [0.3, 0.4) is 0 Å². The Morgan fingerprint density at radius 3 is 2.44 bits per heavy atom. The molecule has 3 heterocycles. The van der Waals surface area contributed by atoms with Gasteiger partial charge in [-0.25, -0.2) is 9.37 Å². The van der Waals surface area contributed by atoms with Gasteiger partial charge in [-0.2, -0.15) is 0 Å². The summed E-state index contributed by atoms with van der Waals surface area (Å²) in [4.78, 5) is 32.5. The number of benzene rings is 2. The lowest BCUT2D eigenvalue weighted by Crippen LogP contribution is -2.31. The zero-order chi connectivity index (χ0) is 25.6. The van der Waals surface area contributed by atoms with Crippen molar-refractivity contribution >= 4 is 38.4 Å². The Balaban J connectivity index is 1.74. The van der Waals surface area contributed by atoms with Crippen LogP contribution in [0.2, 0.25) is 0 Å². The van der Waals surface area contributed by atoms with Gasteiger partial charge in [-0.05, 0) is 48.0 Å². The van der Waals surface area contributed by atoms with Crippen LogP contribution in [0.5, 0.6) is 17.2 Å². The molecule has 2 aromatic heterocycles. The number of aliphatic hydroxyl groups excluding tert-OH is 1. The highest BCUT2D eigenvalue weighted by Crippen LogP contribution is 2.48. The third-order valence-electron chi connectivity index (χ3n) is 5.75. The largest absolute Gasteiger partial charge is 0.503 e. The molecule has 2 aromatic carbocycles. The number of nitrogens with zero attached hydrogens (tertiary/aromatic N) is 2. The van der Waals surface area contributed by atoms with Crippen molar-refractivity contribution in [1.82, 2.24) is 4.98 Å². The highest BCUT2D eigenvalue weighted by molar-refractivity contribution is 7.22. The average molecular weight is 510 g/mol. The number of aromatic nitrogens is 1. The average Bonchev–Trinajstić information content (AvgIpc) is 3.61. The molecule has 9 nitrogen and oxygen atoms in total. The van der Waals surface area contributed by atoms with Crippen LogP contribution < -0.4 is 19.1 Å². The van der Waals surface area contributed by atoms with Crippen molar-refractivity contribution in [2.24, 2.45) is 0 Å². The standard InChI is InChI=1S/C25H19FN2O7S/c1-32-16-9-12(10-17(33-2)23(16)34-3)20-19(21(29)15-5-4-8-35-15)22(30)24(31)28(20)25-27-14-7-6-13(26)11-18(14)36-25/h4-11,20,30H,1-3H3. The van der Waals surface area contributed by atoms with Gasteiger partial charge in [0.2, 0.25) is 11.5 Å². The van der Waals surface area contributed by atoms with Gasteiger partial charge in [0.25, 0.3) is 5.91 Å². The van der Waals surface area contributed by atoms with Gasteiger partial charge in [0.1, 0.15) is 5.82 Å². The van der Waals surface area contributed by atoms with Crippen molar-refractivity contribution in [3.63, 3.8) is 0 Å². The summed E-state index contributed by atoms with van der Waals surface area (Å²) < 4.78 is 35.9. The lowest BCUT2D eigenvalue weighted by molar-refractivity contribution is -0.117. The van der Waals surface area contributed by atoms with Crippen LogP contribution in [0.25, 0.3) is 10.2 Å². The number of rotatable bonds is 7. The minimum absolute atomic E-state index is 0.0602. The van der Waals surface area contributed by atoms with Crippen molar-refractivity contribution < 1.29 is 37.7 Å². The highest BCUT2D eigenvalue weighted by Gasteiger charge is 2.47. The molecule has 0 saturated carbocycles. The molecule has 1 aliphatic heterocycles. The van der Waals surface area contributed by atoms with Crippen molar-refractivity contribution in [3.05, 3.63) is 77.2 Å². The fourth-order valence-corrected chi connectivity index (χ4v) is 5.16. The van der Waals surface area contributed by atoms with Crippen LogP contribution in [0.15, 0.2) is 64.5 Å². The SMILES string of the molecule is COc1cc(C2C(C(=O)c3ccco3)=C(O)C(=O)N2c2nc3ccc(F)cc3s2)cc(OC)c1OC. The molecule has 0 aliphatic carbocycles. The molecule has 1 atom stereocenters. The number of ketones is 1. The molecule has 5 rings (SSSR count). The van der Waals surface area contributed by atoms with Crippen molar-refractivity contribution in [2.45, 2.75) is 6.04 Å². The molecule has 0 radical (unpaired) electrons. The fourth-order valence-electron chi connectivity index (χ4n) is 4.14. The quantitative estimate of drug-likeness (QED) is 0.352. The molecule has 1 amide bonds. The molecule has 1 unspecified atom stereocenters. The van der Waals surface area contributed by atoms with Crippen molar-refractivity contribution in [2.75, 3.05) is 26.2 Å². The van der Waals surface area contributed by atoms with E-state index in [0.29, 0.717) is 21.5 Å². The first kappa shape index (κ1) is 23.4. The van der Waals surface area contributed by atoms with Gasteiger partial charge < -0.3 is 23.7 Å². The number of furan rings is 1. The maximum Gasteiger partial charge on any atom is 0.296 e. The van der Waals surface area contributed by atoms with Gasteiger partial charge in [0.15, 0.2) is 28.1 Å². The van der Waals surface area contributed by atoms with E-state index < -0.39 is 29.3 Å². The van der Waals surface area contributed by atoms with Gasteiger partial charge in [0.05, 0.1) is 49.4 Å². The van der Waals surface area contributed by atoms with Gasteiger partial charge >= 0.3 is 0 Å². The Morgan fingerprint density at radius 2 is 1.83 bits per heavy atom. The zero-order valence-corrected chi connectivity index (χ0v) is 20.1. The fraction of sp³-hybridized carbons (Fsp3) is 0.160. The second kappa shape index (κ2) is 9.00. The van der Waals surface area contributed by atoms with Gasteiger partial charge in [-0.15, -0.1) is 0 Å². The molecule has 0 saturated heterocycles. The minimum Gasteiger partial charge on any atom is -0.503 e. The van der Waals surface area contributed by atoms with Crippen LogP contribution in [-0.4, -0.2) is 43.1 Å². The number of hydrogen-bond donors (Lipinski definition) is 1. The van der Waals surface area contributed by atoms with Crippen LogP contribution in [-0.2, 0) is 4.79 Å². The Morgan fingerprint density at radius 1 is 1.11 bits per heavy atom. The first-order valence-corrected chi connectivity index (χ1v) is 11.4. The molecule has 184 valence electrons. The predicted molar refractivity (Wildman–Crippen MR) is 129 cm³/mol. The number of amides is 1. The van der Waals surface area contributed by atoms with E-state index in [1.54, 1.807) is 12.1 Å². The van der Waals surface area contributed by atoms with Gasteiger partial charge in [-0.3, -0.25) is 14.5 Å². The lowest BCUT2D eigenvalue weighted by atomic mass is 9.94. The number of hydrogen-bond acceptors (Lipinski definition) is 9. The van der Waals surface area contributed by atoms with E-state index in [1.807, 2.05) is 0 Å². The third kappa shape index (κ3) is 3.64. The molecular formula is C25H19FN2O7S. The summed E-state index contributed by atoms with van der Waals surface area (Å²) in [6.07, 6.45) is 1.32. The van der Waals surface area contributed by atoms with E-state index in [4.69, 9.17) is 18.6 Å². The Hall–Kier alpha value is -4.38. The monoisotopic (exact) mass is 510 g/mol. The van der Waals surface area contributed by atoms with Crippen molar-refractivity contribution in [1.29, 1.82) is 0 Å². The number of carbonyl (C=O) groups is 2. The third-order valence-corrected chi connectivity index (χ3v) is 6.76. The van der Waals surface area contributed by atoms with Crippen LogP contribution in [0, 0.1) is 5.82 Å². The number of thiazole rings is 1. The summed E-state index contributed by atoms with van der Waals surface area (Å²) >= 11 is 1.05. The van der Waals surface area contributed by atoms with E-state index >= 15 is 0 Å². The second-order valence-electron chi connectivity index (χ2n) is 7.71. The lowest BCUT2D eigenvalue weighted by Gasteiger charge is -2.25. The van der Waals surface area contributed by atoms with Gasteiger partial charge in [-0.1, -0.05) is 11.3 Å². The second-order valence-corrected chi connectivity index (χ2v) is 8.72. The highest BCUT2D eigenvalue weighted by atomic mass is 32.1. The Labute approximate surface area is 207 Å². The Bertz CT molecular complexity index is 1500. The smallest absolute Gasteiger partial charge is 0.296 e. The van der Waals surface area contributed by atoms with E-state index in [0.717, 1.165) is 11.3 Å². The topological polar surface area (TPSA) is 111 Å². The number of halogens is 1. The normalized spacial score (nSPS) is 15.6. The van der Waals surface area contributed by atoms with E-state index in [-0.39, 0.29) is 28.0 Å². The molecule has 0 spiro atoms. The van der Waals surface area contributed by atoms with Gasteiger partial charge in [0, 0.05) is 0 Å². The summed E-state index contributed by atoms with van der Waals surface area (Å²) in [5.41, 5.74) is 0.620. The zero-order valence-electron chi connectivity index (χ0n) is 19.3. The predicted octanol–water partition coefficient (Wildman–Crippen LogP) is 4.84. The summed E-state index contributed by atoms with van der Waals surface area (Å²) in [6, 6.07) is 9.03. The number of Topliss-reactive ketones (excluding diaryl/α,β-unsaturated/α-hetero) is 1. The number of aliphatic hydroxyl groups is 1. The number of ether oxygens (including phenoxy) is 3. The Kier molecular flexibility index (Phi) is 5.84. The van der Waals surface area contributed by atoms with Crippen LogP contribution in [0.4, 0.5) is 9.52 Å². The summed E-state index contributed by atoms with van der Waals surface area (Å²) in [5.74, 6) is -1.93. The maximum absolute atomic E-state index is 13.8. The molecule has 1 aliphatic rings. The minimum atomic E-state index is -1.13. The molecule has 4 aromatic rings. The molecule has 0 fully saturated rings. The first-order valence-electron chi connectivity index (χ1n) is 10.6. The van der Waals surface area contributed by atoms with Crippen LogP contribution in [0.1, 0.15) is 22.2 Å². The molecule has 1 N–H and O–H groups in total. The summed E-state index contributed by atoms with van der Waals surface area (Å²) in [5, 5.41) is 11.1. The molecule has 0 bridgehead atoms.